The maximum atomic E-state index is 13.6. The van der Waals surface area contributed by atoms with Crippen LogP contribution < -0.4 is 10.2 Å². The smallest absolute Gasteiger partial charge is 0.418 e. The molecule has 0 bridgehead atoms. The van der Waals surface area contributed by atoms with Gasteiger partial charge in [-0.05, 0) is 131 Å². The number of hydrogen-bond donors (Lipinski definition) is 1. The molecule has 7 aromatic carbocycles. The van der Waals surface area contributed by atoms with Gasteiger partial charge in [0, 0.05) is 105 Å². The van der Waals surface area contributed by atoms with E-state index in [1.807, 2.05) is 74.8 Å². The fourth-order valence-electron chi connectivity index (χ4n) is 12.3. The van der Waals surface area contributed by atoms with E-state index in [9.17, 15) is 38.4 Å². The Morgan fingerprint density at radius 1 is 0.579 bits per heavy atom. The van der Waals surface area contributed by atoms with E-state index < -0.39 is 29.9 Å². The van der Waals surface area contributed by atoms with E-state index in [2.05, 4.69) is 51.3 Å². The van der Waals surface area contributed by atoms with E-state index in [0.29, 0.717) is 68.6 Å². The lowest BCUT2D eigenvalue weighted by Crippen LogP contribution is -2.52. The minimum atomic E-state index is -0.560. The molecule has 4 aliphatic rings. The molecule has 0 radical (unpaired) electrons. The Morgan fingerprint density at radius 3 is 1.58 bits per heavy atom. The van der Waals surface area contributed by atoms with Gasteiger partial charge in [-0.15, -0.1) is 0 Å². The third kappa shape index (κ3) is 16.1. The zero-order chi connectivity index (χ0) is 67.0. The van der Waals surface area contributed by atoms with Gasteiger partial charge in [0.1, 0.15) is 12.2 Å². The molecule has 3 unspecified atom stereocenters. The highest BCUT2D eigenvalue weighted by atomic mass is 16.6. The zero-order valence-corrected chi connectivity index (χ0v) is 54.2. The summed E-state index contributed by atoms with van der Waals surface area (Å²) in [4.78, 5) is 109. The van der Waals surface area contributed by atoms with Gasteiger partial charge in [0.05, 0.1) is 31.6 Å². The van der Waals surface area contributed by atoms with Gasteiger partial charge in [-0.25, -0.2) is 14.6 Å². The predicted molar refractivity (Wildman–Crippen MR) is 363 cm³/mol. The molecule has 1 aliphatic heterocycles. The number of alkyl carbamates (subject to hydrolysis) is 1. The Kier molecular flexibility index (Phi) is 22.3. The van der Waals surface area contributed by atoms with Crippen molar-refractivity contribution in [1.29, 1.82) is 0 Å². The number of morpholine rings is 1. The zero-order valence-electron chi connectivity index (χ0n) is 54.2. The summed E-state index contributed by atoms with van der Waals surface area (Å²) in [5, 5.41) is 2.93. The van der Waals surface area contributed by atoms with Crippen molar-refractivity contribution in [1.82, 2.24) is 24.3 Å². The number of likely N-dealkylation sites (N-methyl/N-ethyl adjacent to an activating group) is 1. The Bertz CT molecular complexity index is 4180. The molecule has 1 amide bonds. The van der Waals surface area contributed by atoms with Crippen LogP contribution in [0.1, 0.15) is 173 Å². The fraction of sp³-hybridized carbons (Fsp3) is 0.269. The number of hydrogen-bond acceptors (Lipinski definition) is 14. The van der Waals surface area contributed by atoms with Crippen LogP contribution in [-0.4, -0.2) is 118 Å². The lowest BCUT2D eigenvalue weighted by molar-refractivity contribution is 0.0665. The fourth-order valence-corrected chi connectivity index (χ4v) is 12.3. The maximum absolute atomic E-state index is 13.6. The highest BCUT2D eigenvalue weighted by Crippen LogP contribution is 2.34. The number of rotatable bonds is 15. The number of nitrogens with one attached hydrogen (secondary N) is 1. The Hall–Kier alpha value is -10.5. The highest BCUT2D eigenvalue weighted by Gasteiger charge is 2.40. The largest absolute Gasteiger partial charge is 0.442 e. The van der Waals surface area contributed by atoms with Crippen molar-refractivity contribution in [2.24, 2.45) is 0 Å². The second-order valence-corrected chi connectivity index (χ2v) is 24.1. The Labute approximate surface area is 553 Å². The van der Waals surface area contributed by atoms with Crippen LogP contribution in [0.4, 0.5) is 15.3 Å². The number of amides is 1. The molecular weight excluding hydrogens is 1200 g/mol. The summed E-state index contributed by atoms with van der Waals surface area (Å²) < 4.78 is 19.5. The SMILES string of the molecule is CC(OC(=O)NC1CCCCC1)c1ccc2c(c1)C(=O)c1ccccc1C2=O.CC(OC(=O)n1cccc1)c1ccc2c(c1)C(=O)c1ccccc1C2=O.CCC(Cc1ccccc1)(C(=O)c1ccc(N2CCOCC2)cc1)N(C)C.O=C(Cn1ccnc1)c1ccccc1. The first-order chi connectivity index (χ1) is 46.0. The van der Waals surface area contributed by atoms with Crippen LogP contribution >= 0.6 is 0 Å². The van der Waals surface area contributed by atoms with Gasteiger partial charge in [0.2, 0.25) is 0 Å². The quantitative estimate of drug-likeness (QED) is 0.0948. The molecular formula is C78H78N6O11. The molecule has 3 atom stereocenters. The summed E-state index contributed by atoms with van der Waals surface area (Å²) in [6, 6.07) is 55.0. The maximum Gasteiger partial charge on any atom is 0.418 e. The standard InChI is InChI=1S/C23H30N2O2.C23H23NO4.C21H15NO4.C11H10N2O/c1-4-23(24(2)3,18-19-8-6-5-7-9-19)22(26)20-10-12-21(13-11-20)25-14-16-27-17-15-25;1-14(28-23(27)24-16-7-3-2-4-8-16)15-11-12-19-20(13-15)22(26)18-10-6-5-9-17(18)21(19)25;1-13(26-21(25)22-10-4-5-11-22)14-8-9-17-18(12-14)20(24)16-7-3-2-6-15(16)19(17)23;14-11(8-13-7-6-12-9-13)10-4-2-1-3-5-10/h5-13H,4,14-18H2,1-3H3;5-6,9-14,16H,2-4,7-8H2,1H3,(H,24,27);2-13H,1H3;1-7,9H,8H2. The Balaban J connectivity index is 0.000000141. The van der Waals surface area contributed by atoms with E-state index in [-0.39, 0.29) is 40.7 Å². The number of nitrogens with zero attached hydrogens (tertiary/aromatic N) is 5. The summed E-state index contributed by atoms with van der Waals surface area (Å²) in [5.74, 6) is -0.401. The molecule has 17 heteroatoms. The van der Waals surface area contributed by atoms with Gasteiger partial charge in [-0.3, -0.25) is 38.2 Å². The molecule has 1 saturated heterocycles. The molecule has 13 rings (SSSR count). The number of carbonyl (C=O) groups is 8. The van der Waals surface area contributed by atoms with E-state index in [4.69, 9.17) is 14.2 Å². The van der Waals surface area contributed by atoms with Crippen molar-refractivity contribution in [2.45, 2.75) is 96.1 Å². The van der Waals surface area contributed by atoms with Crippen LogP contribution in [0.25, 0.3) is 0 Å². The summed E-state index contributed by atoms with van der Waals surface area (Å²) in [6.07, 6.45) is 13.2. The van der Waals surface area contributed by atoms with E-state index in [1.165, 1.54) is 16.6 Å². The molecule has 1 saturated carbocycles. The van der Waals surface area contributed by atoms with Gasteiger partial charge in [-0.2, -0.15) is 0 Å². The third-order valence-corrected chi connectivity index (χ3v) is 17.8. The third-order valence-electron chi connectivity index (χ3n) is 17.8. The van der Waals surface area contributed by atoms with E-state index in [1.54, 1.807) is 147 Å². The number of imidazole rings is 1. The van der Waals surface area contributed by atoms with Crippen molar-refractivity contribution < 1.29 is 52.6 Å². The van der Waals surface area contributed by atoms with Crippen LogP contribution in [-0.2, 0) is 27.2 Å². The summed E-state index contributed by atoms with van der Waals surface area (Å²) >= 11 is 0. The molecule has 17 nitrogen and oxygen atoms in total. The van der Waals surface area contributed by atoms with Crippen LogP contribution in [0.3, 0.4) is 0 Å². The summed E-state index contributed by atoms with van der Waals surface area (Å²) in [5.41, 5.74) is 7.82. The predicted octanol–water partition coefficient (Wildman–Crippen LogP) is 14.0. The minimum absolute atomic E-state index is 0.101. The first kappa shape index (κ1) is 67.4. The van der Waals surface area contributed by atoms with Gasteiger partial charge in [0.25, 0.3) is 0 Å². The topological polar surface area (TPSA) is 206 Å². The molecule has 3 heterocycles. The van der Waals surface area contributed by atoms with Gasteiger partial charge < -0.3 is 29.0 Å². The number of benzene rings is 7. The Morgan fingerprint density at radius 2 is 1.07 bits per heavy atom. The average molecular weight is 1280 g/mol. The van der Waals surface area contributed by atoms with Crippen molar-refractivity contribution in [3.8, 4) is 0 Å². The summed E-state index contributed by atoms with van der Waals surface area (Å²) in [6.45, 7) is 9.27. The molecule has 0 spiro atoms. The van der Waals surface area contributed by atoms with Crippen molar-refractivity contribution in [3.63, 3.8) is 0 Å². The molecule has 3 aliphatic carbocycles. The molecule has 2 aromatic heterocycles. The van der Waals surface area contributed by atoms with Gasteiger partial charge in [0.15, 0.2) is 34.7 Å². The van der Waals surface area contributed by atoms with Crippen molar-refractivity contribution >= 4 is 52.6 Å². The lowest BCUT2D eigenvalue weighted by Gasteiger charge is -2.38. The number of anilines is 1. The lowest BCUT2D eigenvalue weighted by atomic mass is 9.80. The van der Waals surface area contributed by atoms with Crippen LogP contribution in [0.5, 0.6) is 0 Å². The van der Waals surface area contributed by atoms with Crippen molar-refractivity contribution in [2.75, 3.05) is 45.3 Å². The second kappa shape index (κ2) is 31.4. The van der Waals surface area contributed by atoms with Crippen LogP contribution in [0.15, 0.2) is 213 Å². The van der Waals surface area contributed by atoms with Gasteiger partial charge >= 0.3 is 12.2 Å². The molecule has 1 N–H and O–H groups in total. The molecule has 95 heavy (non-hydrogen) atoms. The normalized spacial score (nSPS) is 15.2. The first-order valence-electron chi connectivity index (χ1n) is 32.2. The minimum Gasteiger partial charge on any atom is -0.442 e. The number of aromatic nitrogens is 3. The highest BCUT2D eigenvalue weighted by molar-refractivity contribution is 6.29. The molecule has 486 valence electrons. The van der Waals surface area contributed by atoms with E-state index in [0.717, 1.165) is 75.2 Å². The summed E-state index contributed by atoms with van der Waals surface area (Å²) in [7, 11) is 4.01. The van der Waals surface area contributed by atoms with E-state index >= 15 is 0 Å². The van der Waals surface area contributed by atoms with Gasteiger partial charge in [-0.1, -0.05) is 148 Å². The average Bonchev–Trinajstić information content (AvgIpc) is 0.900. The number of carbonyl (C=O) groups excluding carboxylic acids is 8. The second-order valence-electron chi connectivity index (χ2n) is 24.1. The number of ketones is 6. The number of Topliss-reactive ketones (excluding diaryl/α,β-unsaturated/α-hetero) is 2. The van der Waals surface area contributed by atoms with Crippen LogP contribution in [0.2, 0.25) is 0 Å². The molecule has 2 fully saturated rings. The van der Waals surface area contributed by atoms with Crippen LogP contribution in [0, 0.1) is 0 Å². The molecule has 9 aromatic rings. The number of fused-ring (bicyclic) bond motifs is 4. The van der Waals surface area contributed by atoms with Crippen molar-refractivity contribution in [3.05, 3.63) is 285 Å². The number of ether oxygens (including phenoxy) is 3. The first-order valence-corrected chi connectivity index (χ1v) is 32.2. The monoisotopic (exact) mass is 1270 g/mol.